The maximum Gasteiger partial charge on any atom is 0.258 e. The van der Waals surface area contributed by atoms with E-state index < -0.39 is 0 Å². The summed E-state index contributed by atoms with van der Waals surface area (Å²) in [7, 11) is 0. The number of rotatable bonds is 6. The standard InChI is InChI=1S/C16H17ClN2O2/c17-15-7-2-1-5-13(15)10-19-16(20)11-21-14-6-3-4-12(8-14)9-18/h1-8H,9-11,18H2,(H,19,20). The summed E-state index contributed by atoms with van der Waals surface area (Å²) >= 11 is 6.02. The first kappa shape index (κ1) is 15.4. The smallest absolute Gasteiger partial charge is 0.258 e. The number of halogens is 1. The Morgan fingerprint density at radius 3 is 2.76 bits per heavy atom. The van der Waals surface area contributed by atoms with Gasteiger partial charge in [-0.3, -0.25) is 4.79 Å². The first-order chi connectivity index (χ1) is 10.2. The van der Waals surface area contributed by atoms with E-state index in [1.165, 1.54) is 0 Å². The van der Waals surface area contributed by atoms with Crippen LogP contribution in [0.5, 0.6) is 5.75 Å². The van der Waals surface area contributed by atoms with E-state index in [9.17, 15) is 4.79 Å². The molecule has 0 atom stereocenters. The van der Waals surface area contributed by atoms with Gasteiger partial charge in [-0.15, -0.1) is 0 Å². The summed E-state index contributed by atoms with van der Waals surface area (Å²) in [6, 6.07) is 14.8. The minimum Gasteiger partial charge on any atom is -0.484 e. The molecule has 4 nitrogen and oxygen atoms in total. The lowest BCUT2D eigenvalue weighted by Crippen LogP contribution is -2.28. The third-order valence-corrected chi connectivity index (χ3v) is 3.31. The van der Waals surface area contributed by atoms with Crippen molar-refractivity contribution in [2.45, 2.75) is 13.1 Å². The fourth-order valence-corrected chi connectivity index (χ4v) is 2.00. The van der Waals surface area contributed by atoms with Gasteiger partial charge >= 0.3 is 0 Å². The van der Waals surface area contributed by atoms with Gasteiger partial charge < -0.3 is 15.8 Å². The second kappa shape index (κ2) is 7.67. The maximum absolute atomic E-state index is 11.8. The maximum atomic E-state index is 11.8. The Labute approximate surface area is 128 Å². The molecule has 1 amide bonds. The first-order valence-corrected chi connectivity index (χ1v) is 6.99. The molecule has 0 bridgehead atoms. The zero-order valence-corrected chi connectivity index (χ0v) is 12.3. The van der Waals surface area contributed by atoms with Crippen LogP contribution in [0.3, 0.4) is 0 Å². The van der Waals surface area contributed by atoms with Crippen molar-refractivity contribution in [2.75, 3.05) is 6.61 Å². The number of hydrogen-bond donors (Lipinski definition) is 2. The van der Waals surface area contributed by atoms with Crippen LogP contribution < -0.4 is 15.8 Å². The molecule has 2 rings (SSSR count). The largest absolute Gasteiger partial charge is 0.484 e. The van der Waals surface area contributed by atoms with Crippen LogP contribution in [0, 0.1) is 0 Å². The molecule has 0 fully saturated rings. The summed E-state index contributed by atoms with van der Waals surface area (Å²) in [5.74, 6) is 0.430. The molecule has 5 heteroatoms. The third-order valence-electron chi connectivity index (χ3n) is 2.94. The van der Waals surface area contributed by atoms with Crippen molar-refractivity contribution < 1.29 is 9.53 Å². The van der Waals surface area contributed by atoms with E-state index in [1.54, 1.807) is 12.1 Å². The average molecular weight is 305 g/mol. The number of amides is 1. The summed E-state index contributed by atoms with van der Waals surface area (Å²) in [5, 5.41) is 3.40. The van der Waals surface area contributed by atoms with Gasteiger partial charge in [-0.1, -0.05) is 41.9 Å². The molecule has 21 heavy (non-hydrogen) atoms. The molecule has 0 aliphatic carbocycles. The molecule has 0 unspecified atom stereocenters. The highest BCUT2D eigenvalue weighted by atomic mass is 35.5. The van der Waals surface area contributed by atoms with E-state index in [4.69, 9.17) is 22.1 Å². The molecule has 0 aliphatic heterocycles. The second-order valence-electron chi connectivity index (χ2n) is 4.51. The lowest BCUT2D eigenvalue weighted by Gasteiger charge is -2.09. The second-order valence-corrected chi connectivity index (χ2v) is 4.92. The van der Waals surface area contributed by atoms with Crippen molar-refractivity contribution in [3.63, 3.8) is 0 Å². The Balaban J connectivity index is 1.81. The minimum absolute atomic E-state index is 0.0432. The van der Waals surface area contributed by atoms with Gasteiger partial charge in [0.05, 0.1) is 0 Å². The van der Waals surface area contributed by atoms with Gasteiger partial charge in [0, 0.05) is 18.1 Å². The van der Waals surface area contributed by atoms with Crippen molar-refractivity contribution in [1.82, 2.24) is 5.32 Å². The van der Waals surface area contributed by atoms with Crippen LogP contribution in [0.4, 0.5) is 0 Å². The highest BCUT2D eigenvalue weighted by molar-refractivity contribution is 6.31. The Bertz CT molecular complexity index is 617. The predicted molar refractivity (Wildman–Crippen MR) is 83.1 cm³/mol. The van der Waals surface area contributed by atoms with Crippen LogP contribution in [0.1, 0.15) is 11.1 Å². The molecule has 0 aliphatic rings. The van der Waals surface area contributed by atoms with Gasteiger partial charge in [-0.25, -0.2) is 0 Å². The number of nitrogens with two attached hydrogens (primary N) is 1. The summed E-state index contributed by atoms with van der Waals surface area (Å²) in [5.41, 5.74) is 7.39. The van der Waals surface area contributed by atoms with Crippen molar-refractivity contribution in [2.24, 2.45) is 5.73 Å². The van der Waals surface area contributed by atoms with Gasteiger partial charge in [0.2, 0.25) is 0 Å². The zero-order valence-electron chi connectivity index (χ0n) is 11.5. The molecule has 2 aromatic carbocycles. The van der Waals surface area contributed by atoms with Crippen LogP contribution in [-0.2, 0) is 17.9 Å². The van der Waals surface area contributed by atoms with Crippen molar-refractivity contribution in [1.29, 1.82) is 0 Å². The molecule has 3 N–H and O–H groups in total. The van der Waals surface area contributed by atoms with Gasteiger partial charge in [0.25, 0.3) is 5.91 Å². The number of hydrogen-bond acceptors (Lipinski definition) is 3. The summed E-state index contributed by atoms with van der Waals surface area (Å²) in [6.07, 6.45) is 0. The molecule has 0 heterocycles. The molecule has 2 aromatic rings. The van der Waals surface area contributed by atoms with E-state index in [0.717, 1.165) is 11.1 Å². The Morgan fingerprint density at radius 1 is 1.19 bits per heavy atom. The van der Waals surface area contributed by atoms with E-state index in [0.29, 0.717) is 23.9 Å². The third kappa shape index (κ3) is 4.77. The quantitative estimate of drug-likeness (QED) is 0.862. The van der Waals surface area contributed by atoms with Gasteiger partial charge in [0.1, 0.15) is 5.75 Å². The number of benzene rings is 2. The molecule has 0 spiro atoms. The topological polar surface area (TPSA) is 64.3 Å². The molecule has 0 aromatic heterocycles. The van der Waals surface area contributed by atoms with E-state index in [1.807, 2.05) is 36.4 Å². The lowest BCUT2D eigenvalue weighted by molar-refractivity contribution is -0.123. The van der Waals surface area contributed by atoms with Crippen molar-refractivity contribution in [3.8, 4) is 5.75 Å². The number of ether oxygens (including phenoxy) is 1. The zero-order chi connectivity index (χ0) is 15.1. The van der Waals surface area contributed by atoms with Gasteiger partial charge in [-0.05, 0) is 29.3 Å². The Morgan fingerprint density at radius 2 is 2.00 bits per heavy atom. The highest BCUT2D eigenvalue weighted by Crippen LogP contribution is 2.14. The lowest BCUT2D eigenvalue weighted by atomic mass is 10.2. The number of carbonyl (C=O) groups is 1. The minimum atomic E-state index is -0.201. The first-order valence-electron chi connectivity index (χ1n) is 6.61. The molecule has 110 valence electrons. The SMILES string of the molecule is NCc1cccc(OCC(=O)NCc2ccccc2Cl)c1. The Kier molecular flexibility index (Phi) is 5.60. The summed E-state index contributed by atoms with van der Waals surface area (Å²) in [4.78, 5) is 11.8. The summed E-state index contributed by atoms with van der Waals surface area (Å²) < 4.78 is 5.43. The van der Waals surface area contributed by atoms with Gasteiger partial charge in [-0.2, -0.15) is 0 Å². The van der Waals surface area contributed by atoms with Crippen molar-refractivity contribution in [3.05, 3.63) is 64.7 Å². The van der Waals surface area contributed by atoms with Crippen LogP contribution in [0.2, 0.25) is 5.02 Å². The van der Waals surface area contributed by atoms with Crippen molar-refractivity contribution >= 4 is 17.5 Å². The van der Waals surface area contributed by atoms with Crippen LogP contribution >= 0.6 is 11.6 Å². The monoisotopic (exact) mass is 304 g/mol. The van der Waals surface area contributed by atoms with Crippen LogP contribution in [0.25, 0.3) is 0 Å². The molecule has 0 saturated carbocycles. The molecule has 0 radical (unpaired) electrons. The number of carbonyl (C=O) groups excluding carboxylic acids is 1. The Hall–Kier alpha value is -2.04. The van der Waals surface area contributed by atoms with E-state index in [2.05, 4.69) is 5.32 Å². The van der Waals surface area contributed by atoms with Crippen LogP contribution in [-0.4, -0.2) is 12.5 Å². The normalized spacial score (nSPS) is 10.2. The number of nitrogens with one attached hydrogen (secondary N) is 1. The fraction of sp³-hybridized carbons (Fsp3) is 0.188. The van der Waals surface area contributed by atoms with E-state index >= 15 is 0 Å². The fourth-order valence-electron chi connectivity index (χ4n) is 1.80. The molecule has 0 saturated heterocycles. The van der Waals surface area contributed by atoms with E-state index in [-0.39, 0.29) is 12.5 Å². The summed E-state index contributed by atoms with van der Waals surface area (Å²) in [6.45, 7) is 0.777. The predicted octanol–water partition coefficient (Wildman–Crippen LogP) is 2.49. The molecular formula is C16H17ClN2O2. The average Bonchev–Trinajstić information content (AvgIpc) is 2.52. The molecular weight excluding hydrogens is 288 g/mol. The highest BCUT2D eigenvalue weighted by Gasteiger charge is 2.05. The van der Waals surface area contributed by atoms with Crippen LogP contribution in [0.15, 0.2) is 48.5 Å². The van der Waals surface area contributed by atoms with Gasteiger partial charge in [0.15, 0.2) is 6.61 Å².